The van der Waals surface area contributed by atoms with E-state index in [0.717, 1.165) is 81.0 Å². The van der Waals surface area contributed by atoms with Gasteiger partial charge in [-0.25, -0.2) is 9.83 Å². The van der Waals surface area contributed by atoms with Crippen LogP contribution in [0.15, 0.2) is 54.7 Å². The Bertz CT molecular complexity index is 2280. The fourth-order valence-electron chi connectivity index (χ4n) is 9.71. The van der Waals surface area contributed by atoms with Gasteiger partial charge in [0, 0.05) is 80.9 Å². The molecule has 5 amide bonds. The first-order valence-electron chi connectivity index (χ1n) is 20.5. The molecular formula is C43H44F3N9O5. The highest BCUT2D eigenvalue weighted by molar-refractivity contribution is 6.23. The molecule has 312 valence electrons. The van der Waals surface area contributed by atoms with Crippen LogP contribution < -0.4 is 25.3 Å². The van der Waals surface area contributed by atoms with Gasteiger partial charge in [0.2, 0.25) is 17.7 Å². The number of anilines is 4. The Morgan fingerprint density at radius 1 is 0.850 bits per heavy atom. The molecule has 1 spiro atoms. The number of likely N-dealkylation sites (tertiary alicyclic amines) is 1. The molecule has 1 unspecified atom stereocenters. The van der Waals surface area contributed by atoms with Crippen molar-refractivity contribution in [2.24, 2.45) is 17.3 Å². The average Bonchev–Trinajstić information content (AvgIpc) is 3.46. The van der Waals surface area contributed by atoms with Crippen LogP contribution >= 0.6 is 0 Å². The standard InChI is InChI=1S/C43H44F3N9O5/c1-47-34-6-3-29(19-33(34)43(44,45)46)52-14-10-27(11-15-52)38(57)49-36-8-4-30(20-48-36)54-24-42(25-54)12-16-51(17-13-42)21-26-22-53(23-26)28-2-5-31-32(18-28)41(60)55(40(31)59)35-7-9-37(56)50-39(35)58/h2-6,8,18-20,26-27,35H,7,9-17,21-25H2,(H,48,49,57)(H,50,56,58). The number of amides is 5. The lowest BCUT2D eigenvalue weighted by atomic mass is 9.71. The van der Waals surface area contributed by atoms with Crippen molar-refractivity contribution in [1.29, 1.82) is 0 Å². The molecule has 5 fully saturated rings. The van der Waals surface area contributed by atoms with E-state index in [2.05, 4.69) is 35.2 Å². The summed E-state index contributed by atoms with van der Waals surface area (Å²) in [7, 11) is 0. The van der Waals surface area contributed by atoms with Crippen molar-refractivity contribution in [2.75, 3.05) is 78.9 Å². The molecular weight excluding hydrogens is 780 g/mol. The monoisotopic (exact) mass is 823 g/mol. The van der Waals surface area contributed by atoms with Gasteiger partial charge in [0.1, 0.15) is 11.9 Å². The molecule has 6 aliphatic rings. The summed E-state index contributed by atoms with van der Waals surface area (Å²) in [5.74, 6) is -1.51. The van der Waals surface area contributed by atoms with Crippen LogP contribution in [0.25, 0.3) is 4.85 Å². The highest BCUT2D eigenvalue weighted by Gasteiger charge is 2.47. The number of nitrogens with one attached hydrogen (secondary N) is 2. The maximum Gasteiger partial charge on any atom is 0.407 e. The van der Waals surface area contributed by atoms with Gasteiger partial charge in [-0.3, -0.25) is 34.2 Å². The Hall–Kier alpha value is -6.02. The number of benzene rings is 2. The second-order valence-corrected chi connectivity index (χ2v) is 17.1. The second kappa shape index (κ2) is 15.2. The highest BCUT2D eigenvalue weighted by Crippen LogP contribution is 2.44. The molecule has 9 rings (SSSR count). The van der Waals surface area contributed by atoms with Crippen molar-refractivity contribution in [1.82, 2.24) is 20.1 Å². The fraction of sp³-hybridized carbons (Fsp3) is 0.465. The van der Waals surface area contributed by atoms with Crippen molar-refractivity contribution in [3.8, 4) is 0 Å². The van der Waals surface area contributed by atoms with Gasteiger partial charge in [0.15, 0.2) is 5.69 Å². The maximum absolute atomic E-state index is 13.5. The molecule has 60 heavy (non-hydrogen) atoms. The summed E-state index contributed by atoms with van der Waals surface area (Å²) in [6.45, 7) is 14.6. The molecule has 0 saturated carbocycles. The van der Waals surface area contributed by atoms with Crippen molar-refractivity contribution < 1.29 is 37.1 Å². The summed E-state index contributed by atoms with van der Waals surface area (Å²) in [4.78, 5) is 80.8. The van der Waals surface area contributed by atoms with E-state index in [4.69, 9.17) is 6.57 Å². The van der Waals surface area contributed by atoms with Crippen LogP contribution in [0.5, 0.6) is 0 Å². The van der Waals surface area contributed by atoms with Crippen LogP contribution in [-0.4, -0.2) is 109 Å². The number of halogens is 3. The van der Waals surface area contributed by atoms with E-state index in [1.807, 2.05) is 23.1 Å². The number of hydrogen-bond donors (Lipinski definition) is 2. The number of fused-ring (bicyclic) bond motifs is 1. The number of pyridine rings is 1. The minimum Gasteiger partial charge on any atom is -0.372 e. The van der Waals surface area contributed by atoms with E-state index >= 15 is 0 Å². The zero-order chi connectivity index (χ0) is 41.9. The first-order valence-corrected chi connectivity index (χ1v) is 20.5. The third-order valence-corrected chi connectivity index (χ3v) is 13.2. The number of carbonyl (C=O) groups is 5. The Morgan fingerprint density at radius 2 is 1.53 bits per heavy atom. The van der Waals surface area contributed by atoms with E-state index in [1.165, 1.54) is 12.1 Å². The summed E-state index contributed by atoms with van der Waals surface area (Å²) >= 11 is 0. The van der Waals surface area contributed by atoms with Gasteiger partial charge in [-0.15, -0.1) is 0 Å². The number of aromatic nitrogens is 1. The molecule has 6 aliphatic heterocycles. The zero-order valence-electron chi connectivity index (χ0n) is 32.8. The first kappa shape index (κ1) is 39.4. The minimum atomic E-state index is -4.62. The lowest BCUT2D eigenvalue weighted by molar-refractivity contribution is -0.137. The molecule has 1 aromatic heterocycles. The number of alkyl halides is 3. The third kappa shape index (κ3) is 7.41. The Kier molecular flexibility index (Phi) is 10.0. The molecule has 17 heteroatoms. The lowest BCUT2D eigenvalue weighted by Crippen LogP contribution is -2.61. The van der Waals surface area contributed by atoms with Gasteiger partial charge in [0.05, 0.1) is 35.1 Å². The van der Waals surface area contributed by atoms with E-state index in [1.54, 1.807) is 18.3 Å². The fourth-order valence-corrected chi connectivity index (χ4v) is 9.71. The molecule has 0 bridgehead atoms. The summed E-state index contributed by atoms with van der Waals surface area (Å²) in [5.41, 5.74) is 1.76. The summed E-state index contributed by atoms with van der Waals surface area (Å²) < 4.78 is 40.4. The topological polar surface area (TPSA) is 143 Å². The molecule has 1 atom stereocenters. The molecule has 0 radical (unpaired) electrons. The van der Waals surface area contributed by atoms with Crippen LogP contribution in [0.3, 0.4) is 0 Å². The molecule has 5 saturated heterocycles. The number of carbonyl (C=O) groups excluding carboxylic acids is 5. The van der Waals surface area contributed by atoms with E-state index < -0.39 is 47.1 Å². The SMILES string of the molecule is [C-]#[N+]c1ccc(N2CCC(C(=O)Nc3ccc(N4CC5(CCN(CC6CN(c7ccc8c(c7)C(=O)N(C7CCC(=O)NC7=O)C8=O)C6)CC5)C4)cn3)CC2)cc1C(F)(F)F. The Labute approximate surface area is 344 Å². The zero-order valence-corrected chi connectivity index (χ0v) is 32.8. The Balaban J connectivity index is 0.694. The van der Waals surface area contributed by atoms with Crippen LogP contribution in [0.2, 0.25) is 0 Å². The van der Waals surface area contributed by atoms with Crippen molar-refractivity contribution >= 4 is 58.1 Å². The van der Waals surface area contributed by atoms with E-state index in [9.17, 15) is 37.1 Å². The maximum atomic E-state index is 13.5. The number of rotatable bonds is 8. The molecule has 7 heterocycles. The second-order valence-electron chi connectivity index (χ2n) is 17.1. The number of nitrogens with zero attached hydrogens (tertiary/aromatic N) is 7. The summed E-state index contributed by atoms with van der Waals surface area (Å²) in [5, 5.41) is 5.14. The largest absolute Gasteiger partial charge is 0.407 e. The number of imide groups is 2. The van der Waals surface area contributed by atoms with Gasteiger partial charge in [0.25, 0.3) is 11.8 Å². The first-order chi connectivity index (χ1) is 28.8. The third-order valence-electron chi connectivity index (χ3n) is 13.2. The van der Waals surface area contributed by atoms with Gasteiger partial charge < -0.3 is 24.9 Å². The smallest absolute Gasteiger partial charge is 0.372 e. The van der Waals surface area contributed by atoms with Gasteiger partial charge >= 0.3 is 6.18 Å². The predicted octanol–water partition coefficient (Wildman–Crippen LogP) is 4.95. The minimum absolute atomic E-state index is 0.0822. The highest BCUT2D eigenvalue weighted by atomic mass is 19.4. The van der Waals surface area contributed by atoms with Gasteiger partial charge in [-0.05, 0) is 87.7 Å². The van der Waals surface area contributed by atoms with Crippen molar-refractivity contribution in [2.45, 2.75) is 50.7 Å². The van der Waals surface area contributed by atoms with Crippen LogP contribution in [0.1, 0.15) is 64.8 Å². The van der Waals surface area contributed by atoms with Gasteiger partial charge in [-0.1, -0.05) is 6.07 Å². The normalized spacial score (nSPS) is 22.3. The van der Waals surface area contributed by atoms with Gasteiger partial charge in [-0.2, -0.15) is 13.2 Å². The van der Waals surface area contributed by atoms with Crippen molar-refractivity contribution in [3.63, 3.8) is 0 Å². The molecule has 3 aromatic rings. The quantitative estimate of drug-likeness (QED) is 0.237. The predicted molar refractivity (Wildman–Crippen MR) is 215 cm³/mol. The molecule has 2 aromatic carbocycles. The van der Waals surface area contributed by atoms with Crippen LogP contribution in [0, 0.1) is 23.8 Å². The summed E-state index contributed by atoms with van der Waals surface area (Å²) in [6.07, 6.45) is 0.577. The molecule has 2 N–H and O–H groups in total. The van der Waals surface area contributed by atoms with Crippen molar-refractivity contribution in [3.05, 3.63) is 82.8 Å². The Morgan fingerprint density at radius 3 is 2.20 bits per heavy atom. The van der Waals surface area contributed by atoms with E-state index in [0.29, 0.717) is 48.9 Å². The van der Waals surface area contributed by atoms with Crippen LogP contribution in [-0.2, 0) is 20.6 Å². The molecule has 14 nitrogen and oxygen atoms in total. The lowest BCUT2D eigenvalue weighted by Gasteiger charge is -2.55. The van der Waals surface area contributed by atoms with E-state index in [-0.39, 0.29) is 35.6 Å². The average molecular weight is 824 g/mol. The number of hydrogen-bond acceptors (Lipinski definition) is 10. The summed E-state index contributed by atoms with van der Waals surface area (Å²) in [6, 6.07) is 11.8. The number of piperidine rings is 3. The van der Waals surface area contributed by atoms with Crippen LogP contribution in [0.4, 0.5) is 41.7 Å². The molecule has 0 aliphatic carbocycles.